The molecule has 24 heavy (non-hydrogen) atoms. The number of carbonyl (C=O) groups is 2. The molecule has 0 saturated carbocycles. The summed E-state index contributed by atoms with van der Waals surface area (Å²) in [5.74, 6) is -1.23. The number of rotatable bonds is 5. The van der Waals surface area contributed by atoms with E-state index >= 15 is 0 Å². The molecule has 1 heterocycles. The molecule has 0 unspecified atom stereocenters. The smallest absolute Gasteiger partial charge is 0.269 e. The number of Topliss-reactive ketones (excluding diaryl/α,β-unsaturated/α-hetero) is 1. The third-order valence-electron chi connectivity index (χ3n) is 3.84. The van der Waals surface area contributed by atoms with Crippen LogP contribution in [-0.2, 0) is 10.0 Å². The Labute approximate surface area is 138 Å². The summed E-state index contributed by atoms with van der Waals surface area (Å²) in [4.78, 5) is 24.2. The average Bonchev–Trinajstić information content (AvgIpc) is 2.76. The van der Waals surface area contributed by atoms with Crippen LogP contribution in [0.2, 0.25) is 0 Å². The van der Waals surface area contributed by atoms with Crippen LogP contribution in [0.3, 0.4) is 0 Å². The van der Waals surface area contributed by atoms with Crippen molar-refractivity contribution in [2.24, 2.45) is 0 Å². The van der Waals surface area contributed by atoms with Gasteiger partial charge in [0.25, 0.3) is 15.9 Å². The molecule has 3 rings (SSSR count). The molecule has 0 aliphatic carbocycles. The van der Waals surface area contributed by atoms with Gasteiger partial charge < -0.3 is 0 Å². The molecule has 1 aliphatic heterocycles. The number of benzene rings is 2. The molecule has 0 N–H and O–H groups in total. The molecule has 7 heteroatoms. The summed E-state index contributed by atoms with van der Waals surface area (Å²) in [5.41, 5.74) is 0.512. The zero-order chi connectivity index (χ0) is 17.3. The van der Waals surface area contributed by atoms with Gasteiger partial charge in [0.2, 0.25) is 0 Å². The van der Waals surface area contributed by atoms with E-state index in [1.807, 2.05) is 0 Å². The van der Waals surface area contributed by atoms with Crippen LogP contribution in [0.25, 0.3) is 0 Å². The second-order valence-electron chi connectivity index (χ2n) is 5.41. The van der Waals surface area contributed by atoms with Gasteiger partial charge in [-0.3, -0.25) is 9.59 Å². The molecule has 2 aromatic rings. The van der Waals surface area contributed by atoms with Crippen molar-refractivity contribution < 1.29 is 22.4 Å². The monoisotopic (exact) mass is 347 g/mol. The Bertz CT molecular complexity index is 906. The van der Waals surface area contributed by atoms with E-state index < -0.39 is 21.7 Å². The summed E-state index contributed by atoms with van der Waals surface area (Å²) in [5, 5.41) is 0. The lowest BCUT2D eigenvalue weighted by Crippen LogP contribution is -2.31. The minimum atomic E-state index is -3.84. The summed E-state index contributed by atoms with van der Waals surface area (Å²) in [6.07, 6.45) is 0.274. The number of sulfonamides is 1. The highest BCUT2D eigenvalue weighted by atomic mass is 32.2. The third kappa shape index (κ3) is 2.82. The normalized spacial score (nSPS) is 15.4. The lowest BCUT2D eigenvalue weighted by Gasteiger charge is -2.14. The Morgan fingerprint density at radius 1 is 1.04 bits per heavy atom. The first-order valence-electron chi connectivity index (χ1n) is 7.36. The van der Waals surface area contributed by atoms with Crippen molar-refractivity contribution in [2.45, 2.75) is 17.7 Å². The van der Waals surface area contributed by atoms with Gasteiger partial charge in [-0.1, -0.05) is 12.1 Å². The first-order valence-corrected chi connectivity index (χ1v) is 8.80. The molecule has 1 aliphatic rings. The Morgan fingerprint density at radius 2 is 1.71 bits per heavy atom. The highest BCUT2D eigenvalue weighted by molar-refractivity contribution is 7.90. The van der Waals surface area contributed by atoms with E-state index in [0.29, 0.717) is 5.56 Å². The van der Waals surface area contributed by atoms with Crippen molar-refractivity contribution in [1.82, 2.24) is 4.31 Å². The van der Waals surface area contributed by atoms with E-state index in [0.717, 1.165) is 4.31 Å². The van der Waals surface area contributed by atoms with Gasteiger partial charge in [0.1, 0.15) is 10.7 Å². The molecule has 0 radical (unpaired) electrons. The maximum Gasteiger partial charge on any atom is 0.269 e. The van der Waals surface area contributed by atoms with Gasteiger partial charge in [0, 0.05) is 18.5 Å². The highest BCUT2D eigenvalue weighted by Gasteiger charge is 2.40. The molecule has 1 amide bonds. The fourth-order valence-corrected chi connectivity index (χ4v) is 4.22. The summed E-state index contributed by atoms with van der Waals surface area (Å²) in [7, 11) is -3.84. The number of nitrogens with zero attached hydrogens (tertiary/aromatic N) is 1. The number of halogens is 1. The van der Waals surface area contributed by atoms with Gasteiger partial charge in [-0.2, -0.15) is 0 Å². The summed E-state index contributed by atoms with van der Waals surface area (Å²) in [6.45, 7) is -0.0667. The minimum Gasteiger partial charge on any atom is -0.294 e. The molecule has 0 atom stereocenters. The fourth-order valence-electron chi connectivity index (χ4n) is 2.62. The fraction of sp³-hybridized carbons (Fsp3) is 0.176. The predicted molar refractivity (Wildman–Crippen MR) is 84.6 cm³/mol. The van der Waals surface area contributed by atoms with E-state index in [-0.39, 0.29) is 35.6 Å². The minimum absolute atomic E-state index is 0.000129. The van der Waals surface area contributed by atoms with Gasteiger partial charge >= 0.3 is 0 Å². The molecule has 0 saturated heterocycles. The summed E-state index contributed by atoms with van der Waals surface area (Å²) < 4.78 is 38.4. The van der Waals surface area contributed by atoms with E-state index in [9.17, 15) is 22.4 Å². The molecule has 0 fully saturated rings. The Kier molecular flexibility index (Phi) is 4.19. The number of carbonyl (C=O) groups excluding carboxylic acids is 2. The SMILES string of the molecule is O=C(CCCN1C(=O)c2ccccc2S1(=O)=O)c1ccc(F)cc1. The van der Waals surface area contributed by atoms with Crippen molar-refractivity contribution >= 4 is 21.7 Å². The molecule has 5 nitrogen and oxygen atoms in total. The van der Waals surface area contributed by atoms with Gasteiger partial charge in [-0.05, 0) is 42.8 Å². The van der Waals surface area contributed by atoms with Crippen molar-refractivity contribution in [3.63, 3.8) is 0 Å². The van der Waals surface area contributed by atoms with Gasteiger partial charge in [-0.15, -0.1) is 0 Å². The highest BCUT2D eigenvalue weighted by Crippen LogP contribution is 2.30. The van der Waals surface area contributed by atoms with Crippen molar-refractivity contribution in [3.05, 3.63) is 65.5 Å². The van der Waals surface area contributed by atoms with Crippen LogP contribution in [-0.4, -0.2) is 31.0 Å². The lowest BCUT2D eigenvalue weighted by molar-refractivity contribution is 0.0860. The topological polar surface area (TPSA) is 71.5 Å². The zero-order valence-electron chi connectivity index (χ0n) is 12.6. The largest absolute Gasteiger partial charge is 0.294 e. The zero-order valence-corrected chi connectivity index (χ0v) is 13.4. The molecule has 0 bridgehead atoms. The van der Waals surface area contributed by atoms with Crippen LogP contribution in [0, 0.1) is 5.82 Å². The van der Waals surface area contributed by atoms with Crippen LogP contribution in [0.4, 0.5) is 4.39 Å². The molecular weight excluding hydrogens is 333 g/mol. The van der Waals surface area contributed by atoms with E-state index in [4.69, 9.17) is 0 Å². The summed E-state index contributed by atoms with van der Waals surface area (Å²) in [6, 6.07) is 11.2. The third-order valence-corrected chi connectivity index (χ3v) is 5.68. The molecule has 0 spiro atoms. The second-order valence-corrected chi connectivity index (χ2v) is 7.24. The molecule has 124 valence electrons. The molecule has 0 aromatic heterocycles. The van der Waals surface area contributed by atoms with Crippen LogP contribution >= 0.6 is 0 Å². The van der Waals surface area contributed by atoms with Crippen molar-refractivity contribution in [1.29, 1.82) is 0 Å². The predicted octanol–water partition coefficient (Wildman–Crippen LogP) is 2.63. The van der Waals surface area contributed by atoms with E-state index in [2.05, 4.69) is 0 Å². The Morgan fingerprint density at radius 3 is 2.38 bits per heavy atom. The lowest BCUT2D eigenvalue weighted by atomic mass is 10.1. The van der Waals surface area contributed by atoms with Crippen molar-refractivity contribution in [2.75, 3.05) is 6.54 Å². The van der Waals surface area contributed by atoms with Gasteiger partial charge in [-0.25, -0.2) is 17.1 Å². The quantitative estimate of drug-likeness (QED) is 0.780. The standard InChI is InChI=1S/C17H14FNO4S/c18-13-9-7-12(8-10-13)15(20)5-3-11-19-17(21)14-4-1-2-6-16(14)24(19,22)23/h1-2,4,6-10H,3,5,11H2. The van der Waals surface area contributed by atoms with Crippen molar-refractivity contribution in [3.8, 4) is 0 Å². The number of amides is 1. The second kappa shape index (κ2) is 6.16. The van der Waals surface area contributed by atoms with Crippen LogP contribution < -0.4 is 0 Å². The number of ketones is 1. The first kappa shape index (κ1) is 16.3. The maximum absolute atomic E-state index is 12.8. The number of hydrogen-bond donors (Lipinski definition) is 0. The Balaban J connectivity index is 1.67. The number of fused-ring (bicyclic) bond motifs is 1. The molecule has 2 aromatic carbocycles. The van der Waals surface area contributed by atoms with E-state index in [1.54, 1.807) is 12.1 Å². The van der Waals surface area contributed by atoms with Crippen LogP contribution in [0.5, 0.6) is 0 Å². The summed E-state index contributed by atoms with van der Waals surface area (Å²) >= 11 is 0. The number of hydrogen-bond acceptors (Lipinski definition) is 4. The van der Waals surface area contributed by atoms with Crippen LogP contribution in [0.1, 0.15) is 33.6 Å². The first-order chi connectivity index (χ1) is 11.4. The average molecular weight is 347 g/mol. The van der Waals surface area contributed by atoms with Gasteiger partial charge in [0.15, 0.2) is 5.78 Å². The van der Waals surface area contributed by atoms with E-state index in [1.165, 1.54) is 36.4 Å². The van der Waals surface area contributed by atoms with Crippen LogP contribution in [0.15, 0.2) is 53.4 Å². The van der Waals surface area contributed by atoms with Gasteiger partial charge in [0.05, 0.1) is 5.56 Å². The Hall–Kier alpha value is -2.54. The molecular formula is C17H14FNO4S. The maximum atomic E-state index is 12.8.